The zero-order valence-electron chi connectivity index (χ0n) is 11.7. The minimum Gasteiger partial charge on any atom is -0.462 e. The van der Waals surface area contributed by atoms with Gasteiger partial charge in [-0.25, -0.2) is 0 Å². The normalized spacial score (nSPS) is 24.3. The monoisotopic (exact) mass is 268 g/mol. The number of rotatable bonds is 4. The predicted molar refractivity (Wildman–Crippen MR) is 71.3 cm³/mol. The number of amides is 1. The lowest BCUT2D eigenvalue weighted by atomic mass is 9.89. The van der Waals surface area contributed by atoms with Gasteiger partial charge < -0.3 is 10.5 Å². The summed E-state index contributed by atoms with van der Waals surface area (Å²) in [5.74, 6) is -0.327. The van der Waals surface area contributed by atoms with Gasteiger partial charge in [0.2, 0.25) is 5.91 Å². The maximum Gasteiger partial charge on any atom is 0.312 e. The Morgan fingerprint density at radius 3 is 2.37 bits per heavy atom. The van der Waals surface area contributed by atoms with Gasteiger partial charge in [-0.15, -0.1) is 0 Å². The first kappa shape index (κ1) is 14.3. The Hall–Kier alpha value is -1.10. The van der Waals surface area contributed by atoms with E-state index in [4.69, 9.17) is 10.5 Å². The molecule has 1 heterocycles. The number of ether oxygens (including phenoxy) is 1. The molecule has 0 aromatic heterocycles. The van der Waals surface area contributed by atoms with E-state index in [1.165, 1.54) is 0 Å². The summed E-state index contributed by atoms with van der Waals surface area (Å²) in [6.45, 7) is 3.87. The molecule has 1 aliphatic carbocycles. The highest BCUT2D eigenvalue weighted by Crippen LogP contribution is 2.39. The molecule has 0 bridgehead atoms. The molecule has 108 valence electrons. The summed E-state index contributed by atoms with van der Waals surface area (Å²) >= 11 is 0. The largest absolute Gasteiger partial charge is 0.462 e. The van der Waals surface area contributed by atoms with Crippen molar-refractivity contribution in [2.24, 2.45) is 11.1 Å². The third kappa shape index (κ3) is 3.69. The summed E-state index contributed by atoms with van der Waals surface area (Å²) in [4.78, 5) is 25.0. The summed E-state index contributed by atoms with van der Waals surface area (Å²) < 4.78 is 5.65. The predicted octanol–water partition coefficient (Wildman–Crippen LogP) is 1.06. The van der Waals surface area contributed by atoms with Crippen LogP contribution in [-0.4, -0.2) is 42.5 Å². The van der Waals surface area contributed by atoms with Gasteiger partial charge in [0.05, 0.1) is 12.0 Å². The van der Waals surface area contributed by atoms with Crippen LogP contribution in [0.1, 0.15) is 45.4 Å². The lowest BCUT2D eigenvalue weighted by molar-refractivity contribution is -0.162. The number of nitrogens with two attached hydrogens (primary N) is 1. The highest BCUT2D eigenvalue weighted by molar-refractivity contribution is 5.77. The molecule has 0 aromatic rings. The highest BCUT2D eigenvalue weighted by atomic mass is 16.5. The summed E-state index contributed by atoms with van der Waals surface area (Å²) in [6.07, 6.45) is 5.77. The Bertz CT molecular complexity index is 343. The average molecular weight is 268 g/mol. The molecule has 1 saturated carbocycles. The Balaban J connectivity index is 1.76. The van der Waals surface area contributed by atoms with Crippen molar-refractivity contribution in [1.29, 1.82) is 0 Å². The molecule has 5 heteroatoms. The van der Waals surface area contributed by atoms with E-state index in [2.05, 4.69) is 0 Å². The second-order valence-corrected chi connectivity index (χ2v) is 6.11. The quantitative estimate of drug-likeness (QED) is 0.774. The van der Waals surface area contributed by atoms with Crippen LogP contribution in [0.15, 0.2) is 0 Å². The molecule has 1 aliphatic heterocycles. The van der Waals surface area contributed by atoms with E-state index in [1.807, 2.05) is 11.8 Å². The number of nitrogens with zero attached hydrogens (tertiary/aromatic N) is 1. The minimum absolute atomic E-state index is 0.00838. The van der Waals surface area contributed by atoms with Crippen molar-refractivity contribution in [2.45, 2.75) is 51.6 Å². The Kier molecular flexibility index (Phi) is 4.45. The van der Waals surface area contributed by atoms with Crippen LogP contribution in [0.2, 0.25) is 0 Å². The molecule has 1 amide bonds. The van der Waals surface area contributed by atoms with Crippen molar-refractivity contribution < 1.29 is 14.3 Å². The maximum absolute atomic E-state index is 12.2. The molecule has 1 saturated heterocycles. The molecule has 0 radical (unpaired) electrons. The fraction of sp³-hybridized carbons (Fsp3) is 0.857. The number of likely N-dealkylation sites (tertiary alicyclic amines) is 1. The zero-order chi connectivity index (χ0) is 13.9. The molecule has 0 unspecified atom stereocenters. The molecule has 0 atom stereocenters. The van der Waals surface area contributed by atoms with Gasteiger partial charge >= 0.3 is 5.97 Å². The van der Waals surface area contributed by atoms with E-state index in [9.17, 15) is 9.59 Å². The second-order valence-electron chi connectivity index (χ2n) is 6.11. The number of carbonyl (C=O) groups excluding carboxylic acids is 2. The van der Waals surface area contributed by atoms with E-state index in [-0.39, 0.29) is 23.4 Å². The number of primary amides is 1. The van der Waals surface area contributed by atoms with Crippen molar-refractivity contribution in [2.75, 3.05) is 19.6 Å². The lowest BCUT2D eigenvalue weighted by Crippen LogP contribution is -2.43. The van der Waals surface area contributed by atoms with Crippen molar-refractivity contribution >= 4 is 11.9 Å². The summed E-state index contributed by atoms with van der Waals surface area (Å²) in [7, 11) is 0. The van der Waals surface area contributed by atoms with Gasteiger partial charge in [0.1, 0.15) is 6.10 Å². The number of piperidine rings is 1. The van der Waals surface area contributed by atoms with Crippen LogP contribution in [0.3, 0.4) is 0 Å². The number of hydrogen-bond donors (Lipinski definition) is 1. The number of carbonyl (C=O) groups is 2. The van der Waals surface area contributed by atoms with E-state index in [0.29, 0.717) is 6.54 Å². The van der Waals surface area contributed by atoms with Gasteiger partial charge in [-0.2, -0.15) is 0 Å². The van der Waals surface area contributed by atoms with Crippen molar-refractivity contribution in [3.8, 4) is 0 Å². The molecule has 2 fully saturated rings. The van der Waals surface area contributed by atoms with Crippen LogP contribution in [0.25, 0.3) is 0 Å². The van der Waals surface area contributed by atoms with E-state index in [0.717, 1.165) is 51.6 Å². The van der Waals surface area contributed by atoms with E-state index in [1.54, 1.807) is 0 Å². The van der Waals surface area contributed by atoms with Crippen molar-refractivity contribution in [3.63, 3.8) is 0 Å². The molecular weight excluding hydrogens is 244 g/mol. The smallest absolute Gasteiger partial charge is 0.312 e. The molecular formula is C14H24N2O3. The zero-order valence-corrected chi connectivity index (χ0v) is 11.7. The standard InChI is InChI=1S/C14H24N2O3/c1-14(6-2-3-7-14)13(18)19-11-4-8-16(9-5-11)10-12(15)17/h11H,2-10H2,1H3,(H2,15,17). The van der Waals surface area contributed by atoms with Crippen molar-refractivity contribution in [1.82, 2.24) is 4.90 Å². The average Bonchev–Trinajstić information content (AvgIpc) is 2.79. The van der Waals surface area contributed by atoms with Gasteiger partial charge in [0, 0.05) is 13.1 Å². The fourth-order valence-electron chi connectivity index (χ4n) is 3.06. The van der Waals surface area contributed by atoms with Crippen LogP contribution < -0.4 is 5.73 Å². The molecule has 0 spiro atoms. The topological polar surface area (TPSA) is 72.6 Å². The Labute approximate surface area is 114 Å². The van der Waals surface area contributed by atoms with Crippen LogP contribution in [0.5, 0.6) is 0 Å². The first-order valence-corrected chi connectivity index (χ1v) is 7.21. The number of esters is 1. The molecule has 2 aliphatic rings. The fourth-order valence-corrected chi connectivity index (χ4v) is 3.06. The molecule has 2 N–H and O–H groups in total. The maximum atomic E-state index is 12.2. The Morgan fingerprint density at radius 2 is 1.84 bits per heavy atom. The SMILES string of the molecule is CC1(C(=O)OC2CCN(CC(N)=O)CC2)CCCC1. The summed E-state index contributed by atoms with van der Waals surface area (Å²) in [5, 5.41) is 0. The van der Waals surface area contributed by atoms with E-state index < -0.39 is 0 Å². The van der Waals surface area contributed by atoms with Crippen LogP contribution in [0.4, 0.5) is 0 Å². The van der Waals surface area contributed by atoms with Gasteiger partial charge in [-0.05, 0) is 32.6 Å². The second kappa shape index (κ2) is 5.90. The van der Waals surface area contributed by atoms with Gasteiger partial charge in [-0.3, -0.25) is 14.5 Å². The van der Waals surface area contributed by atoms with Crippen LogP contribution in [0, 0.1) is 5.41 Å². The van der Waals surface area contributed by atoms with Gasteiger partial charge in [0.25, 0.3) is 0 Å². The highest BCUT2D eigenvalue weighted by Gasteiger charge is 2.39. The minimum atomic E-state index is -0.297. The summed E-state index contributed by atoms with van der Waals surface area (Å²) in [5.41, 5.74) is 4.91. The van der Waals surface area contributed by atoms with Crippen LogP contribution >= 0.6 is 0 Å². The summed E-state index contributed by atoms with van der Waals surface area (Å²) in [6, 6.07) is 0. The van der Waals surface area contributed by atoms with Crippen LogP contribution in [-0.2, 0) is 14.3 Å². The Morgan fingerprint density at radius 1 is 1.26 bits per heavy atom. The first-order valence-electron chi connectivity index (χ1n) is 7.21. The van der Waals surface area contributed by atoms with Gasteiger partial charge in [-0.1, -0.05) is 12.8 Å². The lowest BCUT2D eigenvalue weighted by Gasteiger charge is -2.32. The molecule has 5 nitrogen and oxygen atoms in total. The molecule has 19 heavy (non-hydrogen) atoms. The molecule has 0 aromatic carbocycles. The third-order valence-electron chi connectivity index (χ3n) is 4.39. The number of hydrogen-bond acceptors (Lipinski definition) is 4. The third-order valence-corrected chi connectivity index (χ3v) is 4.39. The van der Waals surface area contributed by atoms with Gasteiger partial charge in [0.15, 0.2) is 0 Å². The first-order chi connectivity index (χ1) is 8.99. The van der Waals surface area contributed by atoms with E-state index >= 15 is 0 Å². The van der Waals surface area contributed by atoms with Crippen molar-refractivity contribution in [3.05, 3.63) is 0 Å². The molecule has 2 rings (SSSR count).